The van der Waals surface area contributed by atoms with Gasteiger partial charge in [0.25, 0.3) is 0 Å². The van der Waals surface area contributed by atoms with E-state index in [1.54, 1.807) is 6.07 Å². The van der Waals surface area contributed by atoms with E-state index >= 15 is 0 Å². The predicted molar refractivity (Wildman–Crippen MR) is 202 cm³/mol. The Kier molecular flexibility index (Phi) is 11.3. The van der Waals surface area contributed by atoms with Crippen LogP contribution in [-0.2, 0) is 11.3 Å². The lowest BCUT2D eigenvalue weighted by atomic mass is 9.89. The van der Waals surface area contributed by atoms with E-state index in [-0.39, 0.29) is 29.8 Å². The Labute approximate surface area is 310 Å². The molecule has 0 aliphatic carbocycles. The van der Waals surface area contributed by atoms with Crippen molar-refractivity contribution in [2.45, 2.75) is 83.3 Å². The number of halogens is 3. The number of piperidine rings is 3. The average molecular weight is 733 g/mol. The van der Waals surface area contributed by atoms with Crippen LogP contribution in [0.2, 0.25) is 0 Å². The number of carbonyl (C=O) groups is 2. The molecule has 0 aromatic heterocycles. The minimum atomic E-state index is -4.82. The zero-order valence-electron chi connectivity index (χ0n) is 31.2. The van der Waals surface area contributed by atoms with Gasteiger partial charge in [-0.25, -0.2) is 4.79 Å². The summed E-state index contributed by atoms with van der Waals surface area (Å²) >= 11 is 0. The topological polar surface area (TPSA) is 80.4 Å². The fourth-order valence-corrected chi connectivity index (χ4v) is 7.87. The molecular formula is C41H51F3N6O3. The van der Waals surface area contributed by atoms with Crippen molar-refractivity contribution in [2.75, 3.05) is 45.6 Å². The Morgan fingerprint density at radius 3 is 2.30 bits per heavy atom. The normalized spacial score (nSPS) is 21.1. The van der Waals surface area contributed by atoms with E-state index in [9.17, 15) is 22.8 Å². The maximum atomic E-state index is 13.6. The molecule has 284 valence electrons. The van der Waals surface area contributed by atoms with Crippen molar-refractivity contribution in [3.63, 3.8) is 0 Å². The average Bonchev–Trinajstić information content (AvgIpc) is 3.13. The highest BCUT2D eigenvalue weighted by Gasteiger charge is 2.34. The van der Waals surface area contributed by atoms with Gasteiger partial charge >= 0.3 is 12.4 Å². The third-order valence-electron chi connectivity index (χ3n) is 11.4. The summed E-state index contributed by atoms with van der Waals surface area (Å²) in [7, 11) is 3.73. The second kappa shape index (κ2) is 15.7. The van der Waals surface area contributed by atoms with Crippen molar-refractivity contribution in [3.05, 3.63) is 101 Å². The molecule has 2 aromatic rings. The molecule has 4 aliphatic rings. The lowest BCUT2D eigenvalue weighted by molar-refractivity contribution is -0.275. The van der Waals surface area contributed by atoms with Gasteiger partial charge in [-0.15, -0.1) is 13.2 Å². The zero-order chi connectivity index (χ0) is 38.0. The van der Waals surface area contributed by atoms with Gasteiger partial charge < -0.3 is 30.1 Å². The molecule has 2 aromatic carbocycles. The first kappa shape index (κ1) is 38.0. The number of nitrogens with zero attached hydrogens (tertiary/aromatic N) is 4. The van der Waals surface area contributed by atoms with Crippen LogP contribution < -0.4 is 15.4 Å². The van der Waals surface area contributed by atoms with Crippen LogP contribution in [0.25, 0.3) is 5.57 Å². The summed E-state index contributed by atoms with van der Waals surface area (Å²) in [6.45, 7) is 14.8. The number of nitrogens with one attached hydrogen (secondary N) is 2. The standard InChI is InChI=1S/C41H51F3N6O3/c1-26-7-14-37(39(51)45-26)46-34-12-10-30(11-13-34)31-15-21-50(22-16-31)40(52)48(6)35-17-19-49(20-18-35)24-33-9-8-32(23-38(33)53-41(42,43)44)36-25-47(5)29(4)27(2)28(36)3/h8-13,23,25,31,35,37,46H,1,4,7,14-22,24H2,2-3,5-6H3,(H,45,51). The van der Waals surface area contributed by atoms with Crippen molar-refractivity contribution in [3.8, 4) is 5.75 Å². The van der Waals surface area contributed by atoms with E-state index in [4.69, 9.17) is 0 Å². The molecule has 1 unspecified atom stereocenters. The van der Waals surface area contributed by atoms with Crippen LogP contribution in [0, 0.1) is 0 Å². The third-order valence-corrected chi connectivity index (χ3v) is 11.4. The van der Waals surface area contributed by atoms with Crippen molar-refractivity contribution >= 4 is 23.2 Å². The molecule has 3 amide bonds. The molecule has 4 aliphatic heterocycles. The van der Waals surface area contributed by atoms with Crippen LogP contribution in [0.3, 0.4) is 0 Å². The highest BCUT2D eigenvalue weighted by molar-refractivity contribution is 5.87. The Balaban J connectivity index is 0.999. The van der Waals surface area contributed by atoms with Crippen molar-refractivity contribution < 1.29 is 27.5 Å². The van der Waals surface area contributed by atoms with Crippen LogP contribution in [0.4, 0.5) is 23.7 Å². The first-order chi connectivity index (χ1) is 25.2. The molecule has 9 nitrogen and oxygen atoms in total. The lowest BCUT2D eigenvalue weighted by Crippen LogP contribution is -2.51. The van der Waals surface area contributed by atoms with Crippen LogP contribution >= 0.6 is 0 Å². The molecule has 0 spiro atoms. The SMILES string of the molecule is C=C1CCC(Nc2ccc(C3CCN(C(=O)N(C)C4CCN(Cc5ccc(C6=CN(C)C(=C)C(C)=C6C)cc5OC(F)(F)F)CC4)CC3)cc2)C(=O)N1. The molecular weight excluding hydrogens is 681 g/mol. The van der Waals surface area contributed by atoms with Crippen molar-refractivity contribution in [1.82, 2.24) is 24.9 Å². The van der Waals surface area contributed by atoms with Gasteiger partial charge in [0.2, 0.25) is 5.91 Å². The number of likely N-dealkylation sites (N-methyl/N-ethyl adjacent to an activating group) is 1. The van der Waals surface area contributed by atoms with E-state index in [0.29, 0.717) is 49.8 Å². The lowest BCUT2D eigenvalue weighted by Gasteiger charge is -2.40. The molecule has 1 atom stereocenters. The van der Waals surface area contributed by atoms with Gasteiger partial charge in [0.15, 0.2) is 0 Å². The molecule has 2 N–H and O–H groups in total. The van der Waals surface area contributed by atoms with Gasteiger partial charge in [0, 0.05) is 87.3 Å². The first-order valence-electron chi connectivity index (χ1n) is 18.5. The third kappa shape index (κ3) is 8.92. The summed E-state index contributed by atoms with van der Waals surface area (Å²) in [5.41, 5.74) is 7.64. The summed E-state index contributed by atoms with van der Waals surface area (Å²) < 4.78 is 45.3. The molecule has 0 radical (unpaired) electrons. The van der Waals surface area contributed by atoms with Gasteiger partial charge in [-0.1, -0.05) is 37.4 Å². The molecule has 3 fully saturated rings. The summed E-state index contributed by atoms with van der Waals surface area (Å²) in [4.78, 5) is 33.6. The smallest absolute Gasteiger partial charge is 0.405 e. The quantitative estimate of drug-likeness (QED) is 0.288. The van der Waals surface area contributed by atoms with Gasteiger partial charge in [0.05, 0.1) is 0 Å². The number of ether oxygens (including phenoxy) is 1. The van der Waals surface area contributed by atoms with Crippen molar-refractivity contribution in [1.29, 1.82) is 0 Å². The van der Waals surface area contributed by atoms with E-state index in [0.717, 1.165) is 72.3 Å². The molecule has 3 saturated heterocycles. The molecule has 0 bridgehead atoms. The Bertz CT molecular complexity index is 1790. The second-order valence-electron chi connectivity index (χ2n) is 14.8. The number of likely N-dealkylation sites (tertiary alicyclic amines) is 2. The minimum absolute atomic E-state index is 0.0251. The first-order valence-corrected chi connectivity index (χ1v) is 18.5. The minimum Gasteiger partial charge on any atom is -0.405 e. The predicted octanol–water partition coefficient (Wildman–Crippen LogP) is 7.82. The number of alkyl halides is 3. The number of benzene rings is 2. The fraction of sp³-hybridized carbons (Fsp3) is 0.463. The number of allylic oxidation sites excluding steroid dienone is 4. The Morgan fingerprint density at radius 1 is 0.981 bits per heavy atom. The number of rotatable bonds is 8. The van der Waals surface area contributed by atoms with Gasteiger partial charge in [0.1, 0.15) is 11.8 Å². The van der Waals surface area contributed by atoms with Crippen molar-refractivity contribution in [2.24, 2.45) is 0 Å². The number of amides is 3. The van der Waals surface area contributed by atoms with E-state index in [2.05, 4.69) is 45.6 Å². The van der Waals surface area contributed by atoms with Crippen LogP contribution in [0.5, 0.6) is 5.75 Å². The number of hydrogen-bond acceptors (Lipinski definition) is 6. The highest BCUT2D eigenvalue weighted by atomic mass is 19.4. The summed E-state index contributed by atoms with van der Waals surface area (Å²) in [6.07, 6.45) is 1.76. The highest BCUT2D eigenvalue weighted by Crippen LogP contribution is 2.38. The van der Waals surface area contributed by atoms with E-state index < -0.39 is 6.36 Å². The van der Waals surface area contributed by atoms with Gasteiger partial charge in [-0.2, -0.15) is 0 Å². The molecule has 0 saturated carbocycles. The largest absolute Gasteiger partial charge is 0.573 e. The van der Waals surface area contributed by atoms with Crippen LogP contribution in [0.1, 0.15) is 75.0 Å². The van der Waals surface area contributed by atoms with Gasteiger partial charge in [-0.05, 0) is 98.8 Å². The number of carbonyl (C=O) groups excluding carboxylic acids is 2. The molecule has 6 rings (SSSR count). The summed E-state index contributed by atoms with van der Waals surface area (Å²) in [5.74, 6) is 0.109. The molecule has 4 heterocycles. The zero-order valence-corrected chi connectivity index (χ0v) is 31.2. The van der Waals surface area contributed by atoms with E-state index in [1.807, 2.05) is 67.0 Å². The monoisotopic (exact) mass is 732 g/mol. The van der Waals surface area contributed by atoms with Crippen LogP contribution in [0.15, 0.2) is 84.4 Å². The summed E-state index contributed by atoms with van der Waals surface area (Å²) in [6, 6.07) is 13.1. The maximum Gasteiger partial charge on any atom is 0.573 e. The number of hydrogen-bond donors (Lipinski definition) is 2. The Hall–Kier alpha value is -4.71. The molecule has 53 heavy (non-hydrogen) atoms. The number of urea groups is 1. The van der Waals surface area contributed by atoms with E-state index in [1.165, 1.54) is 11.6 Å². The maximum absolute atomic E-state index is 13.6. The van der Waals surface area contributed by atoms with Gasteiger partial charge in [-0.3, -0.25) is 9.69 Å². The number of anilines is 1. The second-order valence-corrected chi connectivity index (χ2v) is 14.8. The fourth-order valence-electron chi connectivity index (χ4n) is 7.87. The van der Waals surface area contributed by atoms with Crippen LogP contribution in [-0.4, -0.2) is 90.3 Å². The Morgan fingerprint density at radius 2 is 1.66 bits per heavy atom. The molecule has 12 heteroatoms. The summed E-state index contributed by atoms with van der Waals surface area (Å²) in [5, 5.41) is 6.14.